The summed E-state index contributed by atoms with van der Waals surface area (Å²) in [5.41, 5.74) is 4.23. The largest absolute Gasteiger partial charge is 0.488 e. The van der Waals surface area contributed by atoms with E-state index in [-0.39, 0.29) is 12.4 Å². The Morgan fingerprint density at radius 1 is 0.853 bits per heavy atom. The summed E-state index contributed by atoms with van der Waals surface area (Å²) in [6.07, 6.45) is 6.25. The van der Waals surface area contributed by atoms with Gasteiger partial charge >= 0.3 is 0 Å². The second-order valence-electron chi connectivity index (χ2n) is 8.44. The number of nitrogens with one attached hydrogen (secondary N) is 1. The summed E-state index contributed by atoms with van der Waals surface area (Å²) in [6, 6.07) is 14.1. The normalized spacial score (nSPS) is 15.9. The Bertz CT molecular complexity index is 1110. The zero-order chi connectivity index (χ0) is 23.2. The van der Waals surface area contributed by atoms with Crippen molar-refractivity contribution in [3.63, 3.8) is 0 Å². The Hall–Kier alpha value is -3.75. The quantitative estimate of drug-likeness (QED) is 0.397. The van der Waals surface area contributed by atoms with Gasteiger partial charge in [0.25, 0.3) is 0 Å². The molecule has 0 saturated carbocycles. The molecule has 3 aromatic rings. The Balaban J connectivity index is 1.31. The lowest BCUT2D eigenvalue weighted by Gasteiger charge is -2.20. The van der Waals surface area contributed by atoms with Crippen molar-refractivity contribution in [3.8, 4) is 5.75 Å². The number of ether oxygens (including phenoxy) is 1. The molecule has 1 aromatic heterocycles. The molecule has 2 saturated heterocycles. The molecule has 176 valence electrons. The third kappa shape index (κ3) is 5.24. The number of halogens is 1. The highest BCUT2D eigenvalue weighted by molar-refractivity contribution is 5.83. The maximum Gasteiger partial charge on any atom is 0.250 e. The fourth-order valence-electron chi connectivity index (χ4n) is 4.17. The molecule has 5 rings (SSSR count). The van der Waals surface area contributed by atoms with Crippen LogP contribution in [0.5, 0.6) is 5.75 Å². The fraction of sp³-hybridized carbons (Fsp3) is 0.360. The van der Waals surface area contributed by atoms with Gasteiger partial charge in [-0.15, -0.1) is 0 Å². The average molecular weight is 462 g/mol. The van der Waals surface area contributed by atoms with E-state index < -0.39 is 0 Å². The first-order valence-corrected chi connectivity index (χ1v) is 11.8. The lowest BCUT2D eigenvalue weighted by Crippen LogP contribution is -2.25. The molecule has 0 spiro atoms. The van der Waals surface area contributed by atoms with Crippen molar-refractivity contribution in [1.29, 1.82) is 0 Å². The van der Waals surface area contributed by atoms with Crippen molar-refractivity contribution in [2.75, 3.05) is 41.4 Å². The minimum absolute atomic E-state index is 0.136. The third-order valence-corrected chi connectivity index (χ3v) is 6.02. The highest BCUT2D eigenvalue weighted by atomic mass is 19.1. The smallest absolute Gasteiger partial charge is 0.250 e. The van der Waals surface area contributed by atoms with Crippen LogP contribution in [-0.4, -0.2) is 47.3 Å². The summed E-state index contributed by atoms with van der Waals surface area (Å²) in [5, 5.41) is 4.36. The molecule has 1 N–H and O–H groups in total. The Morgan fingerprint density at radius 3 is 2.15 bits per heavy atom. The standard InChI is InChI=1S/C25H28FN7O/c26-21-11-3-1-10-20(21)18-34-22-12-4-2-9-19(22)17-27-31-23-28-24(32-13-5-6-14-32)30-25(29-23)33-15-7-8-16-33/h1-4,9-12,17H,5-8,13-16,18H2,(H,28,29,30,31). The first kappa shape index (κ1) is 22.1. The van der Waals surface area contributed by atoms with Crippen molar-refractivity contribution in [2.45, 2.75) is 32.3 Å². The van der Waals surface area contributed by atoms with Crippen LogP contribution in [0.3, 0.4) is 0 Å². The zero-order valence-electron chi connectivity index (χ0n) is 19.0. The molecule has 2 aromatic carbocycles. The Morgan fingerprint density at radius 2 is 1.47 bits per heavy atom. The summed E-state index contributed by atoms with van der Waals surface area (Å²) >= 11 is 0. The van der Waals surface area contributed by atoms with Crippen LogP contribution in [0.4, 0.5) is 22.2 Å². The van der Waals surface area contributed by atoms with E-state index in [4.69, 9.17) is 9.72 Å². The Kier molecular flexibility index (Phi) is 6.78. The molecular formula is C25H28FN7O. The van der Waals surface area contributed by atoms with Gasteiger partial charge < -0.3 is 14.5 Å². The fourth-order valence-corrected chi connectivity index (χ4v) is 4.17. The number of hydrogen-bond acceptors (Lipinski definition) is 8. The first-order chi connectivity index (χ1) is 16.8. The lowest BCUT2D eigenvalue weighted by atomic mass is 10.2. The van der Waals surface area contributed by atoms with Gasteiger partial charge in [-0.3, -0.25) is 0 Å². The molecule has 2 aliphatic rings. The molecule has 2 fully saturated rings. The summed E-state index contributed by atoms with van der Waals surface area (Å²) in [7, 11) is 0. The van der Waals surface area contributed by atoms with Crippen molar-refractivity contribution < 1.29 is 9.13 Å². The van der Waals surface area contributed by atoms with Crippen molar-refractivity contribution in [1.82, 2.24) is 15.0 Å². The van der Waals surface area contributed by atoms with Crippen LogP contribution in [0, 0.1) is 5.82 Å². The van der Waals surface area contributed by atoms with Gasteiger partial charge in [0.15, 0.2) is 0 Å². The molecule has 0 unspecified atom stereocenters. The minimum Gasteiger partial charge on any atom is -0.488 e. The van der Waals surface area contributed by atoms with Gasteiger partial charge in [-0.1, -0.05) is 30.3 Å². The average Bonchev–Trinajstić information content (AvgIpc) is 3.59. The molecule has 0 radical (unpaired) electrons. The molecule has 0 atom stereocenters. The first-order valence-electron chi connectivity index (χ1n) is 11.8. The van der Waals surface area contributed by atoms with E-state index in [1.165, 1.54) is 6.07 Å². The highest BCUT2D eigenvalue weighted by Gasteiger charge is 2.21. The number of para-hydroxylation sites is 1. The second kappa shape index (κ2) is 10.5. The van der Waals surface area contributed by atoms with E-state index >= 15 is 0 Å². The summed E-state index contributed by atoms with van der Waals surface area (Å²) in [6.45, 7) is 3.96. The molecule has 9 heteroatoms. The van der Waals surface area contributed by atoms with E-state index in [9.17, 15) is 4.39 Å². The maximum absolute atomic E-state index is 13.9. The topological polar surface area (TPSA) is 78.8 Å². The zero-order valence-corrected chi connectivity index (χ0v) is 19.0. The van der Waals surface area contributed by atoms with E-state index in [2.05, 4.69) is 30.3 Å². The number of nitrogens with zero attached hydrogens (tertiary/aromatic N) is 6. The molecule has 34 heavy (non-hydrogen) atoms. The van der Waals surface area contributed by atoms with E-state index in [1.807, 2.05) is 24.3 Å². The third-order valence-electron chi connectivity index (χ3n) is 6.02. The van der Waals surface area contributed by atoms with Crippen LogP contribution < -0.4 is 20.0 Å². The van der Waals surface area contributed by atoms with E-state index in [0.717, 1.165) is 57.4 Å². The van der Waals surface area contributed by atoms with Crippen LogP contribution in [0.2, 0.25) is 0 Å². The van der Waals surface area contributed by atoms with Gasteiger partial charge in [0.05, 0.1) is 6.21 Å². The second-order valence-corrected chi connectivity index (χ2v) is 8.44. The predicted octanol–water partition coefficient (Wildman–Crippen LogP) is 4.24. The van der Waals surface area contributed by atoms with Gasteiger partial charge in [-0.2, -0.15) is 20.1 Å². The molecular weight excluding hydrogens is 433 g/mol. The van der Waals surface area contributed by atoms with Gasteiger partial charge in [0.2, 0.25) is 17.8 Å². The molecule has 0 aliphatic carbocycles. The number of hydrazone groups is 1. The summed E-state index contributed by atoms with van der Waals surface area (Å²) < 4.78 is 19.8. The number of anilines is 3. The van der Waals surface area contributed by atoms with Gasteiger partial charge in [-0.25, -0.2) is 9.82 Å². The molecule has 0 amide bonds. The van der Waals surface area contributed by atoms with Crippen molar-refractivity contribution in [3.05, 3.63) is 65.5 Å². The molecule has 2 aliphatic heterocycles. The number of hydrogen-bond donors (Lipinski definition) is 1. The monoisotopic (exact) mass is 461 g/mol. The molecule has 0 bridgehead atoms. The van der Waals surface area contributed by atoms with Gasteiger partial charge in [-0.05, 0) is 43.9 Å². The van der Waals surface area contributed by atoms with Crippen molar-refractivity contribution >= 4 is 24.1 Å². The highest BCUT2D eigenvalue weighted by Crippen LogP contribution is 2.23. The molecule has 8 nitrogen and oxygen atoms in total. The summed E-state index contributed by atoms with van der Waals surface area (Å²) in [4.78, 5) is 18.3. The predicted molar refractivity (Wildman–Crippen MR) is 131 cm³/mol. The minimum atomic E-state index is -0.284. The van der Waals surface area contributed by atoms with Gasteiger partial charge in [0, 0.05) is 37.3 Å². The Labute approximate surface area is 198 Å². The number of benzene rings is 2. The van der Waals surface area contributed by atoms with Crippen LogP contribution in [-0.2, 0) is 6.61 Å². The van der Waals surface area contributed by atoms with Crippen LogP contribution >= 0.6 is 0 Å². The summed E-state index contributed by atoms with van der Waals surface area (Å²) in [5.74, 6) is 2.14. The SMILES string of the molecule is Fc1ccccc1COc1ccccc1C=NNc1nc(N2CCCC2)nc(N2CCCC2)n1. The van der Waals surface area contributed by atoms with Gasteiger partial charge in [0.1, 0.15) is 18.2 Å². The number of aromatic nitrogens is 3. The van der Waals surface area contributed by atoms with Crippen LogP contribution in [0.15, 0.2) is 53.6 Å². The number of rotatable bonds is 8. The van der Waals surface area contributed by atoms with E-state index in [1.54, 1.807) is 24.4 Å². The maximum atomic E-state index is 13.9. The van der Waals surface area contributed by atoms with Crippen LogP contribution in [0.25, 0.3) is 0 Å². The van der Waals surface area contributed by atoms with Crippen molar-refractivity contribution in [2.24, 2.45) is 5.10 Å². The molecule has 3 heterocycles. The van der Waals surface area contributed by atoms with E-state index in [0.29, 0.717) is 29.2 Å². The van der Waals surface area contributed by atoms with Crippen LogP contribution in [0.1, 0.15) is 36.8 Å². The lowest BCUT2D eigenvalue weighted by molar-refractivity contribution is 0.299.